The van der Waals surface area contributed by atoms with E-state index in [2.05, 4.69) is 0 Å². The molecule has 0 aromatic heterocycles. The van der Waals surface area contributed by atoms with Crippen LogP contribution in [0, 0.1) is 12.3 Å². The van der Waals surface area contributed by atoms with E-state index in [4.69, 9.17) is 0 Å². The third-order valence-electron chi connectivity index (χ3n) is 3.76. The summed E-state index contributed by atoms with van der Waals surface area (Å²) in [6.07, 6.45) is 0. The van der Waals surface area contributed by atoms with Crippen LogP contribution in [0.5, 0.6) is 0 Å². The Labute approximate surface area is 126 Å². The molecule has 4 nitrogen and oxygen atoms in total. The Morgan fingerprint density at radius 3 is 2.10 bits per heavy atom. The van der Waals surface area contributed by atoms with E-state index in [0.29, 0.717) is 26.2 Å². The van der Waals surface area contributed by atoms with Crippen LogP contribution >= 0.6 is 0 Å². The van der Waals surface area contributed by atoms with Crippen molar-refractivity contribution in [1.82, 2.24) is 9.80 Å². The molecule has 2 rings (SSSR count). The zero-order valence-electron chi connectivity index (χ0n) is 13.3. The maximum atomic E-state index is 12.4. The summed E-state index contributed by atoms with van der Waals surface area (Å²) in [6, 6.07) is 7.65. The summed E-state index contributed by atoms with van der Waals surface area (Å²) < 4.78 is 0. The quantitative estimate of drug-likeness (QED) is 0.796. The fourth-order valence-electron chi connectivity index (χ4n) is 2.55. The summed E-state index contributed by atoms with van der Waals surface area (Å²) in [6.45, 7) is 10.2. The van der Waals surface area contributed by atoms with E-state index in [9.17, 15) is 9.59 Å². The van der Waals surface area contributed by atoms with E-state index < -0.39 is 0 Å². The van der Waals surface area contributed by atoms with Gasteiger partial charge in [0.15, 0.2) is 0 Å². The Hall–Kier alpha value is -1.84. The lowest BCUT2D eigenvalue weighted by atomic mass is 9.94. The second kappa shape index (κ2) is 5.88. The van der Waals surface area contributed by atoms with Gasteiger partial charge in [-0.3, -0.25) is 9.59 Å². The van der Waals surface area contributed by atoms with Gasteiger partial charge in [0, 0.05) is 37.2 Å². The SMILES string of the molecule is Cc1cccc(C(=O)N2CCN(C(=O)C(C)(C)C)CC2)c1. The van der Waals surface area contributed by atoms with Crippen LogP contribution in [0.1, 0.15) is 36.7 Å². The molecule has 1 fully saturated rings. The summed E-state index contributed by atoms with van der Waals surface area (Å²) in [7, 11) is 0. The highest BCUT2D eigenvalue weighted by Crippen LogP contribution is 2.19. The van der Waals surface area contributed by atoms with E-state index in [1.807, 2.05) is 61.8 Å². The number of rotatable bonds is 1. The van der Waals surface area contributed by atoms with E-state index in [0.717, 1.165) is 11.1 Å². The van der Waals surface area contributed by atoms with Crippen molar-refractivity contribution < 1.29 is 9.59 Å². The molecule has 0 aliphatic carbocycles. The number of amides is 2. The molecule has 1 aliphatic rings. The molecule has 1 saturated heterocycles. The van der Waals surface area contributed by atoms with Crippen LogP contribution < -0.4 is 0 Å². The van der Waals surface area contributed by atoms with Crippen LogP contribution in [0.25, 0.3) is 0 Å². The molecular weight excluding hydrogens is 264 g/mol. The number of hydrogen-bond donors (Lipinski definition) is 0. The monoisotopic (exact) mass is 288 g/mol. The van der Waals surface area contributed by atoms with Gasteiger partial charge < -0.3 is 9.80 Å². The first-order chi connectivity index (χ1) is 9.79. The van der Waals surface area contributed by atoms with Gasteiger partial charge in [-0.1, -0.05) is 38.5 Å². The summed E-state index contributed by atoms with van der Waals surface area (Å²) >= 11 is 0. The lowest BCUT2D eigenvalue weighted by Crippen LogP contribution is -2.53. The van der Waals surface area contributed by atoms with Gasteiger partial charge in [0.1, 0.15) is 0 Å². The first-order valence-corrected chi connectivity index (χ1v) is 7.44. The van der Waals surface area contributed by atoms with Crippen molar-refractivity contribution >= 4 is 11.8 Å². The van der Waals surface area contributed by atoms with Crippen molar-refractivity contribution in [3.05, 3.63) is 35.4 Å². The first-order valence-electron chi connectivity index (χ1n) is 7.44. The lowest BCUT2D eigenvalue weighted by molar-refractivity contribution is -0.140. The highest BCUT2D eigenvalue weighted by Gasteiger charge is 2.30. The van der Waals surface area contributed by atoms with Crippen molar-refractivity contribution in [2.45, 2.75) is 27.7 Å². The van der Waals surface area contributed by atoms with Gasteiger partial charge in [-0.05, 0) is 19.1 Å². The zero-order valence-corrected chi connectivity index (χ0v) is 13.3. The van der Waals surface area contributed by atoms with Crippen molar-refractivity contribution in [1.29, 1.82) is 0 Å². The second-order valence-electron chi connectivity index (χ2n) is 6.70. The summed E-state index contributed by atoms with van der Waals surface area (Å²) in [4.78, 5) is 28.4. The molecule has 0 spiro atoms. The smallest absolute Gasteiger partial charge is 0.253 e. The van der Waals surface area contributed by atoms with Crippen molar-refractivity contribution in [3.63, 3.8) is 0 Å². The topological polar surface area (TPSA) is 40.6 Å². The lowest BCUT2D eigenvalue weighted by Gasteiger charge is -2.37. The third kappa shape index (κ3) is 3.63. The molecule has 0 radical (unpaired) electrons. The first kappa shape index (κ1) is 15.5. The number of carbonyl (C=O) groups excluding carboxylic acids is 2. The summed E-state index contributed by atoms with van der Waals surface area (Å²) in [5, 5.41) is 0. The Kier molecular flexibility index (Phi) is 4.35. The minimum Gasteiger partial charge on any atom is -0.339 e. The van der Waals surface area contributed by atoms with Crippen molar-refractivity contribution in [3.8, 4) is 0 Å². The highest BCUT2D eigenvalue weighted by atomic mass is 16.2. The number of aryl methyl sites for hydroxylation is 1. The molecule has 0 atom stereocenters. The maximum Gasteiger partial charge on any atom is 0.253 e. The van der Waals surface area contributed by atoms with Gasteiger partial charge in [0.05, 0.1) is 0 Å². The van der Waals surface area contributed by atoms with Crippen LogP contribution in [-0.4, -0.2) is 47.8 Å². The molecule has 0 unspecified atom stereocenters. The summed E-state index contributed by atoms with van der Waals surface area (Å²) in [5.74, 6) is 0.215. The largest absolute Gasteiger partial charge is 0.339 e. The Bertz CT molecular complexity index is 538. The number of hydrogen-bond acceptors (Lipinski definition) is 2. The van der Waals surface area contributed by atoms with Crippen LogP contribution in [-0.2, 0) is 4.79 Å². The van der Waals surface area contributed by atoms with Gasteiger partial charge in [0.25, 0.3) is 5.91 Å². The zero-order chi connectivity index (χ0) is 15.6. The van der Waals surface area contributed by atoms with Gasteiger partial charge in [-0.25, -0.2) is 0 Å². The minimum absolute atomic E-state index is 0.0570. The van der Waals surface area contributed by atoms with Crippen LogP contribution in [0.2, 0.25) is 0 Å². The van der Waals surface area contributed by atoms with Crippen LogP contribution in [0.4, 0.5) is 0 Å². The maximum absolute atomic E-state index is 12.4. The van der Waals surface area contributed by atoms with Crippen molar-refractivity contribution in [2.75, 3.05) is 26.2 Å². The number of nitrogens with zero attached hydrogens (tertiary/aromatic N) is 2. The van der Waals surface area contributed by atoms with E-state index in [1.54, 1.807) is 0 Å². The Morgan fingerprint density at radius 2 is 1.57 bits per heavy atom. The van der Waals surface area contributed by atoms with E-state index in [1.165, 1.54) is 0 Å². The van der Waals surface area contributed by atoms with Gasteiger partial charge in [0.2, 0.25) is 5.91 Å². The highest BCUT2D eigenvalue weighted by molar-refractivity contribution is 5.94. The molecule has 1 aliphatic heterocycles. The molecule has 0 bridgehead atoms. The fourth-order valence-corrected chi connectivity index (χ4v) is 2.55. The van der Waals surface area contributed by atoms with Gasteiger partial charge >= 0.3 is 0 Å². The number of piperazine rings is 1. The molecule has 1 aromatic carbocycles. The molecule has 4 heteroatoms. The molecule has 114 valence electrons. The second-order valence-corrected chi connectivity index (χ2v) is 6.70. The average molecular weight is 288 g/mol. The minimum atomic E-state index is -0.358. The number of carbonyl (C=O) groups is 2. The van der Waals surface area contributed by atoms with Crippen LogP contribution in [0.3, 0.4) is 0 Å². The summed E-state index contributed by atoms with van der Waals surface area (Å²) in [5.41, 5.74) is 1.45. The standard InChI is InChI=1S/C17H24N2O2/c1-13-6-5-7-14(12-13)15(20)18-8-10-19(11-9-18)16(21)17(2,3)4/h5-7,12H,8-11H2,1-4H3. The van der Waals surface area contributed by atoms with Gasteiger partial charge in [-0.2, -0.15) is 0 Å². The molecule has 21 heavy (non-hydrogen) atoms. The van der Waals surface area contributed by atoms with Crippen LogP contribution in [0.15, 0.2) is 24.3 Å². The van der Waals surface area contributed by atoms with E-state index in [-0.39, 0.29) is 17.2 Å². The molecule has 1 aromatic rings. The fraction of sp³-hybridized carbons (Fsp3) is 0.529. The molecule has 0 saturated carbocycles. The van der Waals surface area contributed by atoms with E-state index >= 15 is 0 Å². The Morgan fingerprint density at radius 1 is 1.00 bits per heavy atom. The normalized spacial score (nSPS) is 16.0. The average Bonchev–Trinajstić information content (AvgIpc) is 2.45. The predicted octanol–water partition coefficient (Wildman–Crippen LogP) is 2.33. The predicted molar refractivity (Wildman–Crippen MR) is 83.1 cm³/mol. The van der Waals surface area contributed by atoms with Gasteiger partial charge in [-0.15, -0.1) is 0 Å². The number of benzene rings is 1. The molecule has 0 N–H and O–H groups in total. The molecule has 1 heterocycles. The molecule has 2 amide bonds. The van der Waals surface area contributed by atoms with Crippen molar-refractivity contribution in [2.24, 2.45) is 5.41 Å². The Balaban J connectivity index is 1.98. The third-order valence-corrected chi connectivity index (χ3v) is 3.76. The molecular formula is C17H24N2O2.